The van der Waals surface area contributed by atoms with Gasteiger partial charge in [0.05, 0.1) is 43.2 Å². The standard InChI is InChI=1S/C22H30N6O2/c1-26(2)21-23-12-17-14-30-16-22(20(17)25-21)6-7-27(15-22)13-18-4-3-5-19(24-18)28-8-10-29-11-9-28/h3-5,12H,6-11,13-16H2,1-2H3/t22-/m1/s1. The SMILES string of the molecule is CN(C)c1ncc2c(n1)[C@@]1(CCN(Cc3cccc(N4CCOCC4)n3)C1)COC2. The third-order valence-electron chi connectivity index (χ3n) is 6.34. The highest BCUT2D eigenvalue weighted by atomic mass is 16.5. The Morgan fingerprint density at radius 1 is 1.10 bits per heavy atom. The first-order chi connectivity index (χ1) is 14.6. The van der Waals surface area contributed by atoms with Crippen molar-refractivity contribution in [2.45, 2.75) is 25.0 Å². The Hall–Kier alpha value is -2.29. The summed E-state index contributed by atoms with van der Waals surface area (Å²) in [5.74, 6) is 1.83. The highest BCUT2D eigenvalue weighted by Gasteiger charge is 2.45. The molecular formula is C22H30N6O2. The van der Waals surface area contributed by atoms with E-state index < -0.39 is 0 Å². The van der Waals surface area contributed by atoms with E-state index in [1.54, 1.807) is 0 Å². The molecule has 2 saturated heterocycles. The van der Waals surface area contributed by atoms with Crippen LogP contribution in [0.5, 0.6) is 0 Å². The van der Waals surface area contributed by atoms with Crippen molar-refractivity contribution in [3.63, 3.8) is 0 Å². The minimum atomic E-state index is -0.0525. The summed E-state index contributed by atoms with van der Waals surface area (Å²) in [4.78, 5) is 21.1. The predicted octanol–water partition coefficient (Wildman–Crippen LogP) is 1.45. The number of likely N-dealkylation sites (tertiary alicyclic amines) is 1. The van der Waals surface area contributed by atoms with Crippen molar-refractivity contribution < 1.29 is 9.47 Å². The summed E-state index contributed by atoms with van der Waals surface area (Å²) in [6.07, 6.45) is 2.99. The Morgan fingerprint density at radius 2 is 1.97 bits per heavy atom. The number of anilines is 2. The quantitative estimate of drug-likeness (QED) is 0.750. The molecule has 0 amide bonds. The first-order valence-electron chi connectivity index (χ1n) is 10.8. The van der Waals surface area contributed by atoms with E-state index in [1.807, 2.05) is 25.2 Å². The van der Waals surface area contributed by atoms with Crippen LogP contribution in [0.15, 0.2) is 24.4 Å². The van der Waals surface area contributed by atoms with Gasteiger partial charge >= 0.3 is 0 Å². The lowest BCUT2D eigenvalue weighted by Gasteiger charge is -2.35. The van der Waals surface area contributed by atoms with Crippen LogP contribution in [0.3, 0.4) is 0 Å². The number of hydrogen-bond acceptors (Lipinski definition) is 8. The van der Waals surface area contributed by atoms with Crippen LogP contribution >= 0.6 is 0 Å². The van der Waals surface area contributed by atoms with Crippen molar-refractivity contribution in [3.8, 4) is 0 Å². The minimum absolute atomic E-state index is 0.0525. The molecule has 0 unspecified atom stereocenters. The predicted molar refractivity (Wildman–Crippen MR) is 115 cm³/mol. The molecule has 5 heterocycles. The molecule has 0 aromatic carbocycles. The summed E-state index contributed by atoms with van der Waals surface area (Å²) < 4.78 is 11.4. The van der Waals surface area contributed by atoms with Crippen LogP contribution in [0.1, 0.15) is 23.4 Å². The average molecular weight is 411 g/mol. The summed E-state index contributed by atoms with van der Waals surface area (Å²) in [5.41, 5.74) is 3.36. The van der Waals surface area contributed by atoms with Gasteiger partial charge in [0.1, 0.15) is 5.82 Å². The fourth-order valence-corrected chi connectivity index (χ4v) is 4.76. The van der Waals surface area contributed by atoms with Crippen molar-refractivity contribution in [1.82, 2.24) is 19.9 Å². The maximum Gasteiger partial charge on any atom is 0.225 e. The maximum atomic E-state index is 5.98. The van der Waals surface area contributed by atoms with Gasteiger partial charge in [-0.25, -0.2) is 15.0 Å². The number of fused-ring (bicyclic) bond motifs is 2. The highest BCUT2D eigenvalue weighted by Crippen LogP contribution is 2.39. The van der Waals surface area contributed by atoms with E-state index in [2.05, 4.69) is 33.0 Å². The molecule has 2 fully saturated rings. The number of morpholine rings is 1. The molecule has 1 atom stereocenters. The van der Waals surface area contributed by atoms with Crippen molar-refractivity contribution in [3.05, 3.63) is 41.3 Å². The number of nitrogens with zero attached hydrogens (tertiary/aromatic N) is 6. The molecule has 8 heteroatoms. The van der Waals surface area contributed by atoms with Crippen LogP contribution in [0.25, 0.3) is 0 Å². The van der Waals surface area contributed by atoms with Crippen LogP contribution in [-0.2, 0) is 28.0 Å². The molecule has 2 aromatic heterocycles. The molecule has 5 rings (SSSR count). The zero-order valence-electron chi connectivity index (χ0n) is 17.9. The van der Waals surface area contributed by atoms with Gasteiger partial charge in [0, 0.05) is 52.0 Å². The van der Waals surface area contributed by atoms with Crippen LogP contribution < -0.4 is 9.80 Å². The van der Waals surface area contributed by atoms with Crippen molar-refractivity contribution >= 4 is 11.8 Å². The number of aromatic nitrogens is 3. The monoisotopic (exact) mass is 410 g/mol. The zero-order chi connectivity index (χ0) is 20.6. The number of rotatable bonds is 4. The van der Waals surface area contributed by atoms with Crippen LogP contribution in [0, 0.1) is 0 Å². The van der Waals surface area contributed by atoms with Crippen molar-refractivity contribution in [1.29, 1.82) is 0 Å². The molecule has 2 aromatic rings. The lowest BCUT2D eigenvalue weighted by atomic mass is 9.80. The molecule has 8 nitrogen and oxygen atoms in total. The number of pyridine rings is 1. The first kappa shape index (κ1) is 19.7. The van der Waals surface area contributed by atoms with E-state index >= 15 is 0 Å². The molecule has 0 saturated carbocycles. The lowest BCUT2D eigenvalue weighted by molar-refractivity contribution is 0.0502. The van der Waals surface area contributed by atoms with E-state index in [9.17, 15) is 0 Å². The van der Waals surface area contributed by atoms with E-state index in [4.69, 9.17) is 19.4 Å². The van der Waals surface area contributed by atoms with Gasteiger partial charge in [-0.05, 0) is 25.1 Å². The Bertz CT molecular complexity index is 901. The molecule has 3 aliphatic rings. The second-order valence-corrected chi connectivity index (χ2v) is 8.76. The fourth-order valence-electron chi connectivity index (χ4n) is 4.76. The lowest BCUT2D eigenvalue weighted by Crippen LogP contribution is -2.40. The topological polar surface area (TPSA) is 66.9 Å². The molecule has 0 N–H and O–H groups in total. The van der Waals surface area contributed by atoms with E-state index in [-0.39, 0.29) is 5.41 Å². The van der Waals surface area contributed by atoms with E-state index in [0.717, 1.165) is 82.0 Å². The largest absolute Gasteiger partial charge is 0.378 e. The van der Waals surface area contributed by atoms with Gasteiger partial charge in [0.25, 0.3) is 0 Å². The molecular weight excluding hydrogens is 380 g/mol. The van der Waals surface area contributed by atoms with Gasteiger partial charge in [-0.15, -0.1) is 0 Å². The van der Waals surface area contributed by atoms with Gasteiger partial charge in [-0.2, -0.15) is 0 Å². The van der Waals surface area contributed by atoms with Crippen LogP contribution in [-0.4, -0.2) is 79.9 Å². The highest BCUT2D eigenvalue weighted by molar-refractivity contribution is 5.40. The third kappa shape index (κ3) is 3.75. The fraction of sp³-hybridized carbons (Fsp3) is 0.591. The Balaban J connectivity index is 1.33. The van der Waals surface area contributed by atoms with Gasteiger partial charge < -0.3 is 19.3 Å². The van der Waals surface area contributed by atoms with Gasteiger partial charge in [-0.1, -0.05) is 6.07 Å². The molecule has 1 spiro atoms. The second-order valence-electron chi connectivity index (χ2n) is 8.76. The zero-order valence-corrected chi connectivity index (χ0v) is 17.9. The Morgan fingerprint density at radius 3 is 2.80 bits per heavy atom. The van der Waals surface area contributed by atoms with Gasteiger partial charge in [0.15, 0.2) is 0 Å². The molecule has 0 bridgehead atoms. The Kier molecular flexibility index (Phi) is 5.30. The molecule has 0 aliphatic carbocycles. The summed E-state index contributed by atoms with van der Waals surface area (Å²) in [7, 11) is 3.98. The van der Waals surface area contributed by atoms with E-state index in [1.165, 1.54) is 5.69 Å². The van der Waals surface area contributed by atoms with Crippen molar-refractivity contribution in [2.24, 2.45) is 0 Å². The minimum Gasteiger partial charge on any atom is -0.378 e. The van der Waals surface area contributed by atoms with Crippen LogP contribution in [0.2, 0.25) is 0 Å². The van der Waals surface area contributed by atoms with Gasteiger partial charge in [-0.3, -0.25) is 4.90 Å². The summed E-state index contributed by atoms with van der Waals surface area (Å²) in [6.45, 7) is 7.50. The van der Waals surface area contributed by atoms with E-state index in [0.29, 0.717) is 6.61 Å². The second kappa shape index (κ2) is 8.09. The summed E-state index contributed by atoms with van der Waals surface area (Å²) >= 11 is 0. The average Bonchev–Trinajstić information content (AvgIpc) is 3.17. The third-order valence-corrected chi connectivity index (χ3v) is 6.34. The summed E-state index contributed by atoms with van der Waals surface area (Å²) in [6, 6.07) is 6.35. The normalized spacial score (nSPS) is 24.3. The molecule has 0 radical (unpaired) electrons. The van der Waals surface area contributed by atoms with Gasteiger partial charge in [0.2, 0.25) is 5.95 Å². The first-order valence-corrected chi connectivity index (χ1v) is 10.8. The maximum absolute atomic E-state index is 5.98. The Labute approximate surface area is 177 Å². The number of ether oxygens (including phenoxy) is 2. The molecule has 3 aliphatic heterocycles. The summed E-state index contributed by atoms with van der Waals surface area (Å²) in [5, 5.41) is 0. The van der Waals surface area contributed by atoms with Crippen LogP contribution in [0.4, 0.5) is 11.8 Å². The number of hydrogen-bond donors (Lipinski definition) is 0. The smallest absolute Gasteiger partial charge is 0.225 e. The molecule has 30 heavy (non-hydrogen) atoms. The molecule has 160 valence electrons. The van der Waals surface area contributed by atoms with Crippen molar-refractivity contribution in [2.75, 3.05) is 69.9 Å².